The first-order valence-corrected chi connectivity index (χ1v) is 14.4. The third kappa shape index (κ3) is 7.44. The molecule has 0 fully saturated rings. The molecule has 0 aromatic heterocycles. The Labute approximate surface area is 239 Å². The van der Waals surface area contributed by atoms with Gasteiger partial charge in [0.25, 0.3) is 10.0 Å². The van der Waals surface area contributed by atoms with Crippen LogP contribution < -0.4 is 14.4 Å². The van der Waals surface area contributed by atoms with Gasteiger partial charge in [0, 0.05) is 23.1 Å². The van der Waals surface area contributed by atoms with Crippen LogP contribution in [0.1, 0.15) is 25.0 Å². The van der Waals surface area contributed by atoms with Crippen LogP contribution in [0.5, 0.6) is 5.75 Å². The molecule has 0 aliphatic heterocycles. The fraction of sp³-hybridized carbons (Fsp3) is 0.286. The van der Waals surface area contributed by atoms with E-state index in [9.17, 15) is 18.0 Å². The lowest BCUT2D eigenvalue weighted by Crippen LogP contribution is -2.51. The number of carbonyl (C=O) groups excluding carboxylic acids is 2. The Hall–Kier alpha value is -3.27. The molecule has 0 bridgehead atoms. The van der Waals surface area contributed by atoms with Gasteiger partial charge < -0.3 is 15.0 Å². The first-order chi connectivity index (χ1) is 18.5. The summed E-state index contributed by atoms with van der Waals surface area (Å²) in [6.45, 7) is 4.98. The van der Waals surface area contributed by atoms with Gasteiger partial charge >= 0.3 is 0 Å². The smallest absolute Gasteiger partial charge is 0.264 e. The maximum Gasteiger partial charge on any atom is 0.264 e. The van der Waals surface area contributed by atoms with Crippen molar-refractivity contribution in [2.75, 3.05) is 24.5 Å². The molecule has 2 amide bonds. The number of amides is 2. The number of sulfonamides is 1. The number of carbonyl (C=O) groups is 2. The lowest BCUT2D eigenvalue weighted by Gasteiger charge is -2.32. The Morgan fingerprint density at radius 1 is 1.00 bits per heavy atom. The maximum atomic E-state index is 13.9. The predicted octanol–water partition coefficient (Wildman–Crippen LogP) is 5.06. The number of halogens is 2. The van der Waals surface area contributed by atoms with E-state index in [0.29, 0.717) is 27.9 Å². The number of hydrogen-bond donors (Lipinski definition) is 1. The molecule has 0 saturated heterocycles. The van der Waals surface area contributed by atoms with E-state index >= 15 is 0 Å². The van der Waals surface area contributed by atoms with Crippen LogP contribution in [-0.2, 0) is 26.2 Å². The molecule has 3 aromatic rings. The Balaban J connectivity index is 2.05. The van der Waals surface area contributed by atoms with Crippen molar-refractivity contribution >= 4 is 50.7 Å². The van der Waals surface area contributed by atoms with E-state index in [0.717, 1.165) is 9.87 Å². The first kappa shape index (κ1) is 30.3. The third-order valence-corrected chi connectivity index (χ3v) is 8.50. The van der Waals surface area contributed by atoms with Crippen LogP contribution in [0.4, 0.5) is 5.69 Å². The molecular weight excluding hydrogens is 561 g/mol. The second kappa shape index (κ2) is 13.2. The van der Waals surface area contributed by atoms with Crippen molar-refractivity contribution < 1.29 is 22.7 Å². The van der Waals surface area contributed by atoms with Crippen LogP contribution >= 0.6 is 23.2 Å². The van der Waals surface area contributed by atoms with Gasteiger partial charge in [-0.05, 0) is 74.9 Å². The zero-order chi connectivity index (χ0) is 28.7. The Bertz CT molecular complexity index is 1410. The van der Waals surface area contributed by atoms with Gasteiger partial charge in [0.1, 0.15) is 18.3 Å². The number of anilines is 1. The first-order valence-electron chi connectivity index (χ1n) is 12.2. The van der Waals surface area contributed by atoms with Crippen LogP contribution in [-0.4, -0.2) is 51.4 Å². The number of hydrogen-bond acceptors (Lipinski definition) is 5. The minimum Gasteiger partial charge on any atom is -0.497 e. The van der Waals surface area contributed by atoms with Gasteiger partial charge in [0.05, 0.1) is 17.7 Å². The second-order valence-corrected chi connectivity index (χ2v) is 11.6. The zero-order valence-electron chi connectivity index (χ0n) is 22.1. The minimum atomic E-state index is -4.16. The number of benzene rings is 3. The SMILES string of the molecule is CCNC(=O)[C@@H](C)N(Cc1ccc(Cl)cc1Cl)C(=O)CN(c1ccc(OC)cc1)S(=O)(=O)c1ccc(C)cc1. The molecule has 0 aliphatic carbocycles. The van der Waals surface area contributed by atoms with Crippen molar-refractivity contribution in [2.24, 2.45) is 0 Å². The zero-order valence-corrected chi connectivity index (χ0v) is 24.5. The van der Waals surface area contributed by atoms with Gasteiger partial charge in [-0.2, -0.15) is 0 Å². The molecule has 3 aromatic carbocycles. The number of ether oxygens (including phenoxy) is 1. The van der Waals surface area contributed by atoms with E-state index in [1.807, 2.05) is 6.92 Å². The van der Waals surface area contributed by atoms with E-state index in [1.165, 1.54) is 24.1 Å². The van der Waals surface area contributed by atoms with E-state index in [2.05, 4.69) is 5.32 Å². The molecule has 0 aliphatic rings. The quantitative estimate of drug-likeness (QED) is 0.336. The van der Waals surface area contributed by atoms with Gasteiger partial charge in [0.2, 0.25) is 11.8 Å². The highest BCUT2D eigenvalue weighted by molar-refractivity contribution is 7.92. The summed E-state index contributed by atoms with van der Waals surface area (Å²) < 4.78 is 33.9. The van der Waals surface area contributed by atoms with Crippen LogP contribution in [0.3, 0.4) is 0 Å². The van der Waals surface area contributed by atoms with Gasteiger partial charge in [0.15, 0.2) is 0 Å². The van der Waals surface area contributed by atoms with Gasteiger partial charge in [-0.15, -0.1) is 0 Å². The molecule has 0 unspecified atom stereocenters. The molecule has 0 spiro atoms. The van der Waals surface area contributed by atoms with Crippen molar-refractivity contribution in [1.82, 2.24) is 10.2 Å². The molecule has 1 N–H and O–H groups in total. The fourth-order valence-corrected chi connectivity index (χ4v) is 5.74. The number of aryl methyl sites for hydroxylation is 1. The summed E-state index contributed by atoms with van der Waals surface area (Å²) >= 11 is 12.4. The molecule has 1 atom stereocenters. The standard InChI is InChI=1S/C28H31Cl2N3O5S/c1-5-31-28(35)20(3)32(17-21-8-9-22(29)16-26(21)30)27(34)18-33(23-10-12-24(38-4)13-11-23)39(36,37)25-14-6-19(2)7-15-25/h6-16,20H,5,17-18H2,1-4H3,(H,31,35)/t20-/m1/s1. The molecule has 39 heavy (non-hydrogen) atoms. The Morgan fingerprint density at radius 3 is 2.21 bits per heavy atom. The molecule has 8 nitrogen and oxygen atoms in total. The minimum absolute atomic E-state index is 0.0285. The molecule has 11 heteroatoms. The van der Waals surface area contributed by atoms with Crippen LogP contribution in [0.2, 0.25) is 10.0 Å². The highest BCUT2D eigenvalue weighted by Crippen LogP contribution is 2.28. The predicted molar refractivity (Wildman–Crippen MR) is 154 cm³/mol. The molecule has 0 heterocycles. The van der Waals surface area contributed by atoms with Crippen LogP contribution in [0.15, 0.2) is 71.6 Å². The maximum absolute atomic E-state index is 13.9. The molecule has 0 radical (unpaired) electrons. The number of nitrogens with zero attached hydrogens (tertiary/aromatic N) is 2. The summed E-state index contributed by atoms with van der Waals surface area (Å²) in [5.74, 6) is -0.443. The molecule has 3 rings (SSSR count). The van der Waals surface area contributed by atoms with Crippen molar-refractivity contribution in [2.45, 2.75) is 38.3 Å². The summed E-state index contributed by atoms with van der Waals surface area (Å²) in [4.78, 5) is 28.0. The monoisotopic (exact) mass is 591 g/mol. The van der Waals surface area contributed by atoms with Gasteiger partial charge in [-0.1, -0.05) is 47.0 Å². The number of rotatable bonds is 11. The summed E-state index contributed by atoms with van der Waals surface area (Å²) in [7, 11) is -2.66. The number of nitrogens with one attached hydrogen (secondary N) is 1. The van der Waals surface area contributed by atoms with E-state index in [4.69, 9.17) is 27.9 Å². The van der Waals surface area contributed by atoms with Crippen LogP contribution in [0, 0.1) is 6.92 Å². The van der Waals surface area contributed by atoms with E-state index in [-0.39, 0.29) is 23.0 Å². The highest BCUT2D eigenvalue weighted by Gasteiger charge is 2.32. The molecule has 0 saturated carbocycles. The summed E-state index contributed by atoms with van der Waals surface area (Å²) in [5, 5.41) is 3.46. The van der Waals surface area contributed by atoms with Crippen molar-refractivity contribution in [3.63, 3.8) is 0 Å². The topological polar surface area (TPSA) is 96.0 Å². The number of methoxy groups -OCH3 is 1. The lowest BCUT2D eigenvalue weighted by atomic mass is 10.1. The van der Waals surface area contributed by atoms with E-state index in [1.54, 1.807) is 68.4 Å². The van der Waals surface area contributed by atoms with Crippen molar-refractivity contribution in [1.29, 1.82) is 0 Å². The van der Waals surface area contributed by atoms with Crippen LogP contribution in [0.25, 0.3) is 0 Å². The average Bonchev–Trinajstić information content (AvgIpc) is 2.91. The highest BCUT2D eigenvalue weighted by atomic mass is 35.5. The normalized spacial score (nSPS) is 11.9. The third-order valence-electron chi connectivity index (χ3n) is 6.12. The summed E-state index contributed by atoms with van der Waals surface area (Å²) in [6.07, 6.45) is 0. The number of likely N-dealkylation sites (N-methyl/N-ethyl adjacent to an activating group) is 1. The van der Waals surface area contributed by atoms with Gasteiger partial charge in [-0.3, -0.25) is 13.9 Å². The fourth-order valence-electron chi connectivity index (χ4n) is 3.85. The summed E-state index contributed by atoms with van der Waals surface area (Å²) in [6, 6.07) is 16.6. The van der Waals surface area contributed by atoms with Crippen molar-refractivity contribution in [3.8, 4) is 5.75 Å². The van der Waals surface area contributed by atoms with E-state index < -0.39 is 28.5 Å². The van der Waals surface area contributed by atoms with Crippen molar-refractivity contribution in [3.05, 3.63) is 87.9 Å². The van der Waals surface area contributed by atoms with Gasteiger partial charge in [-0.25, -0.2) is 8.42 Å². The lowest BCUT2D eigenvalue weighted by molar-refractivity contribution is -0.139. The summed E-state index contributed by atoms with van der Waals surface area (Å²) in [5.41, 5.74) is 1.71. The second-order valence-electron chi connectivity index (χ2n) is 8.85. The average molecular weight is 593 g/mol. The molecular formula is C28H31Cl2N3O5S. The Morgan fingerprint density at radius 2 is 1.64 bits per heavy atom. The largest absolute Gasteiger partial charge is 0.497 e. The molecule has 208 valence electrons. The Kier molecular flexibility index (Phi) is 10.2.